The van der Waals surface area contributed by atoms with Crippen molar-refractivity contribution in [2.75, 3.05) is 13.1 Å². The summed E-state index contributed by atoms with van der Waals surface area (Å²) in [6, 6.07) is 10.4. The third kappa shape index (κ3) is 2.84. The Kier molecular flexibility index (Phi) is 3.79. The van der Waals surface area contributed by atoms with Gasteiger partial charge in [0.2, 0.25) is 0 Å². The molecule has 0 aliphatic carbocycles. The molecule has 1 saturated heterocycles. The zero-order valence-corrected chi connectivity index (χ0v) is 13.5. The van der Waals surface area contributed by atoms with Gasteiger partial charge in [-0.2, -0.15) is 0 Å². The molecule has 1 aliphatic heterocycles. The summed E-state index contributed by atoms with van der Waals surface area (Å²) in [5.41, 5.74) is 4.64. The van der Waals surface area contributed by atoms with Gasteiger partial charge < -0.3 is 4.90 Å². The molecule has 1 fully saturated rings. The molecule has 4 rings (SSSR count). The number of nitrogens with zero attached hydrogens (tertiary/aromatic N) is 3. The maximum Gasteiger partial charge on any atom is 0.273 e. The van der Waals surface area contributed by atoms with Crippen molar-refractivity contribution in [1.29, 1.82) is 0 Å². The van der Waals surface area contributed by atoms with Crippen molar-refractivity contribution in [3.05, 3.63) is 58.7 Å². The number of para-hydroxylation sites is 1. The van der Waals surface area contributed by atoms with E-state index < -0.39 is 0 Å². The number of benzene rings is 1. The number of hydrogen-bond donors (Lipinski definition) is 0. The molecular formula is C18H17N3OS. The van der Waals surface area contributed by atoms with Gasteiger partial charge in [0, 0.05) is 30.1 Å². The van der Waals surface area contributed by atoms with E-state index in [1.165, 1.54) is 22.3 Å². The fraction of sp³-hybridized carbons (Fsp3) is 0.278. The predicted molar refractivity (Wildman–Crippen MR) is 91.6 cm³/mol. The second-order valence-electron chi connectivity index (χ2n) is 5.98. The Balaban J connectivity index is 1.49. The highest BCUT2D eigenvalue weighted by Crippen LogP contribution is 2.25. The first-order valence-electron chi connectivity index (χ1n) is 7.81. The summed E-state index contributed by atoms with van der Waals surface area (Å²) in [4.78, 5) is 23.0. The van der Waals surface area contributed by atoms with Crippen LogP contribution >= 0.6 is 11.3 Å². The Labute approximate surface area is 138 Å². The summed E-state index contributed by atoms with van der Waals surface area (Å²) in [7, 11) is 0. The van der Waals surface area contributed by atoms with Crippen LogP contribution in [0, 0.1) is 5.92 Å². The molecule has 1 aliphatic rings. The molecule has 1 amide bonds. The lowest BCUT2D eigenvalue weighted by molar-refractivity contribution is 0.0782. The zero-order valence-electron chi connectivity index (χ0n) is 12.7. The van der Waals surface area contributed by atoms with Crippen molar-refractivity contribution in [3.8, 4) is 0 Å². The van der Waals surface area contributed by atoms with E-state index in [1.807, 2.05) is 22.5 Å². The van der Waals surface area contributed by atoms with Gasteiger partial charge in [0.15, 0.2) is 0 Å². The van der Waals surface area contributed by atoms with Crippen LogP contribution in [0.5, 0.6) is 0 Å². The lowest BCUT2D eigenvalue weighted by atomic mass is 9.97. The topological polar surface area (TPSA) is 46.1 Å². The van der Waals surface area contributed by atoms with Gasteiger partial charge in [-0.1, -0.05) is 24.3 Å². The zero-order chi connectivity index (χ0) is 15.6. The number of aromatic nitrogens is 2. The molecule has 116 valence electrons. The van der Waals surface area contributed by atoms with E-state index >= 15 is 0 Å². The van der Waals surface area contributed by atoms with Gasteiger partial charge in [-0.3, -0.25) is 9.78 Å². The second kappa shape index (κ2) is 6.08. The third-order valence-corrected chi connectivity index (χ3v) is 5.04. The Bertz CT molecular complexity index is 826. The van der Waals surface area contributed by atoms with Crippen LogP contribution in [0.3, 0.4) is 0 Å². The summed E-state index contributed by atoms with van der Waals surface area (Å²) < 4.78 is 0. The van der Waals surface area contributed by atoms with Gasteiger partial charge in [-0.25, -0.2) is 4.98 Å². The molecule has 0 radical (unpaired) electrons. The molecule has 0 spiro atoms. The van der Waals surface area contributed by atoms with Crippen LogP contribution in [-0.2, 0) is 6.42 Å². The van der Waals surface area contributed by atoms with E-state index in [0.717, 1.165) is 31.4 Å². The normalized spacial score (nSPS) is 17.7. The van der Waals surface area contributed by atoms with Crippen molar-refractivity contribution in [2.45, 2.75) is 12.8 Å². The molecule has 5 heteroatoms. The van der Waals surface area contributed by atoms with E-state index in [2.05, 4.69) is 34.2 Å². The molecule has 23 heavy (non-hydrogen) atoms. The van der Waals surface area contributed by atoms with Crippen molar-refractivity contribution < 1.29 is 4.79 Å². The number of carbonyl (C=O) groups is 1. The Morgan fingerprint density at radius 1 is 1.26 bits per heavy atom. The number of pyridine rings is 1. The number of likely N-dealkylation sites (tertiary alicyclic amines) is 1. The molecule has 1 atom stereocenters. The van der Waals surface area contributed by atoms with E-state index in [9.17, 15) is 4.79 Å². The van der Waals surface area contributed by atoms with E-state index in [0.29, 0.717) is 11.6 Å². The van der Waals surface area contributed by atoms with E-state index in [4.69, 9.17) is 0 Å². The van der Waals surface area contributed by atoms with Crippen LogP contribution in [0.2, 0.25) is 0 Å². The smallest absolute Gasteiger partial charge is 0.273 e. The highest BCUT2D eigenvalue weighted by molar-refractivity contribution is 7.07. The van der Waals surface area contributed by atoms with Crippen molar-refractivity contribution in [2.24, 2.45) is 5.92 Å². The minimum atomic E-state index is 0.0600. The van der Waals surface area contributed by atoms with E-state index in [-0.39, 0.29) is 5.91 Å². The number of rotatable bonds is 3. The first-order valence-corrected chi connectivity index (χ1v) is 8.75. The van der Waals surface area contributed by atoms with Crippen LogP contribution in [0.1, 0.15) is 22.5 Å². The summed E-state index contributed by atoms with van der Waals surface area (Å²) >= 11 is 1.46. The molecule has 0 bridgehead atoms. The maximum atomic E-state index is 12.4. The summed E-state index contributed by atoms with van der Waals surface area (Å²) in [6.07, 6.45) is 3.85. The van der Waals surface area contributed by atoms with Gasteiger partial charge in [-0.05, 0) is 30.4 Å². The highest BCUT2D eigenvalue weighted by Gasteiger charge is 2.28. The van der Waals surface area contributed by atoms with Gasteiger partial charge in [0.05, 0.1) is 11.0 Å². The second-order valence-corrected chi connectivity index (χ2v) is 6.69. The number of hydrogen-bond acceptors (Lipinski definition) is 4. The summed E-state index contributed by atoms with van der Waals surface area (Å²) in [5, 5.41) is 3.00. The van der Waals surface area contributed by atoms with Gasteiger partial charge in [-0.15, -0.1) is 11.3 Å². The molecule has 3 aromatic rings. The minimum Gasteiger partial charge on any atom is -0.337 e. The van der Waals surface area contributed by atoms with Crippen molar-refractivity contribution in [1.82, 2.24) is 14.9 Å². The average molecular weight is 323 g/mol. The monoisotopic (exact) mass is 323 g/mol. The molecule has 2 aromatic heterocycles. The molecule has 1 aromatic carbocycles. The first kappa shape index (κ1) is 14.3. The lowest BCUT2D eigenvalue weighted by Gasteiger charge is -2.15. The molecule has 0 saturated carbocycles. The molecule has 0 N–H and O–H groups in total. The van der Waals surface area contributed by atoms with E-state index in [1.54, 1.807) is 5.51 Å². The number of amides is 1. The fourth-order valence-electron chi connectivity index (χ4n) is 3.31. The van der Waals surface area contributed by atoms with Crippen LogP contribution in [0.15, 0.2) is 47.4 Å². The first-order chi connectivity index (χ1) is 11.3. The summed E-state index contributed by atoms with van der Waals surface area (Å²) in [6.45, 7) is 1.62. The highest BCUT2D eigenvalue weighted by atomic mass is 32.1. The Hall–Kier alpha value is -2.27. The van der Waals surface area contributed by atoms with Gasteiger partial charge in [0.1, 0.15) is 5.69 Å². The largest absolute Gasteiger partial charge is 0.337 e. The molecule has 4 nitrogen and oxygen atoms in total. The number of fused-ring (bicyclic) bond motifs is 1. The number of carbonyl (C=O) groups excluding carboxylic acids is 1. The predicted octanol–water partition coefficient (Wildman–Crippen LogP) is 3.40. The minimum absolute atomic E-state index is 0.0600. The number of thiazole rings is 1. The quantitative estimate of drug-likeness (QED) is 0.742. The van der Waals surface area contributed by atoms with Crippen LogP contribution in [0.4, 0.5) is 0 Å². The maximum absolute atomic E-state index is 12.4. The third-order valence-electron chi connectivity index (χ3n) is 4.45. The lowest BCUT2D eigenvalue weighted by Crippen LogP contribution is -2.29. The van der Waals surface area contributed by atoms with Crippen LogP contribution in [0.25, 0.3) is 10.9 Å². The van der Waals surface area contributed by atoms with Gasteiger partial charge >= 0.3 is 0 Å². The van der Waals surface area contributed by atoms with Gasteiger partial charge in [0.25, 0.3) is 5.91 Å². The fourth-order valence-corrected chi connectivity index (χ4v) is 3.83. The van der Waals surface area contributed by atoms with Crippen molar-refractivity contribution >= 4 is 28.1 Å². The van der Waals surface area contributed by atoms with Crippen molar-refractivity contribution in [3.63, 3.8) is 0 Å². The van der Waals surface area contributed by atoms with Crippen LogP contribution in [-0.4, -0.2) is 33.9 Å². The molecule has 0 unspecified atom stereocenters. The Morgan fingerprint density at radius 2 is 2.17 bits per heavy atom. The molecule has 3 heterocycles. The van der Waals surface area contributed by atoms with Crippen LogP contribution < -0.4 is 0 Å². The average Bonchev–Trinajstić information content (AvgIpc) is 3.27. The molecular weight excluding hydrogens is 306 g/mol. The summed E-state index contributed by atoms with van der Waals surface area (Å²) in [5.74, 6) is 0.551. The SMILES string of the molecule is O=C(c1cscn1)N1CC[C@@H](Cc2cccc3cccnc23)C1. The Morgan fingerprint density at radius 3 is 3.04 bits per heavy atom. The standard InChI is InChI=1S/C18H17N3OS/c22-18(16-11-23-12-20-16)21-8-6-13(10-21)9-15-4-1-3-14-5-2-7-19-17(14)15/h1-5,7,11-13H,6,8-10H2/t13-/m0/s1.